The van der Waals surface area contributed by atoms with Gasteiger partial charge in [-0.1, -0.05) is 90.8 Å². The SMILES string of the molecule is C=CCO[C@@]12Oc3ccc(OC(=O)NCc4ccccc4)cc3[C@H]3[C@H](CCCCO)[C@@H](CCCCO)C=C(C(=NOCc4ccccc4)C[C@@H]1N(C)S(=O)(=O)c1ccc(NC(C)=O)cc1)[C@H]32. The number of nitrogens with one attached hydrogen (secondary N) is 2. The summed E-state index contributed by atoms with van der Waals surface area (Å²) in [5.74, 6) is -2.46. The maximum absolute atomic E-state index is 14.9. The number of benzene rings is 4. The van der Waals surface area contributed by atoms with Crippen LogP contribution in [0.2, 0.25) is 0 Å². The molecule has 4 aromatic rings. The lowest BCUT2D eigenvalue weighted by molar-refractivity contribution is -0.250. The molecule has 4 aromatic carbocycles. The number of amides is 2. The lowest BCUT2D eigenvalue weighted by atomic mass is 9.55. The number of aliphatic hydroxyl groups is 2. The normalized spacial score (nSPS) is 22.6. The van der Waals surface area contributed by atoms with Gasteiger partial charge in [0.1, 0.15) is 18.1 Å². The molecule has 350 valence electrons. The fourth-order valence-corrected chi connectivity index (χ4v) is 11.1. The molecule has 14 nitrogen and oxygen atoms in total. The molecule has 0 saturated heterocycles. The summed E-state index contributed by atoms with van der Waals surface area (Å²) in [4.78, 5) is 31.2. The number of anilines is 1. The number of allylic oxidation sites excluding steroid dienone is 1. The number of likely N-dealkylation sites (N-methyl/N-ethyl adjacent to an activating group) is 1. The van der Waals surface area contributed by atoms with Gasteiger partial charge in [-0.3, -0.25) is 4.79 Å². The first kappa shape index (κ1) is 48.1. The number of carbonyl (C=O) groups is 2. The van der Waals surface area contributed by atoms with E-state index in [1.165, 1.54) is 42.5 Å². The fourth-order valence-electron chi connectivity index (χ4n) is 9.69. The Bertz CT molecular complexity index is 2470. The van der Waals surface area contributed by atoms with Crippen LogP contribution >= 0.6 is 0 Å². The van der Waals surface area contributed by atoms with E-state index < -0.39 is 39.8 Å². The fraction of sp³-hybridized carbons (Fsp3) is 0.392. The summed E-state index contributed by atoms with van der Waals surface area (Å²) in [6.07, 6.45) is 7.27. The largest absolute Gasteiger partial charge is 0.460 e. The van der Waals surface area contributed by atoms with Crippen molar-refractivity contribution in [1.82, 2.24) is 9.62 Å². The first-order valence-corrected chi connectivity index (χ1v) is 24.0. The number of aliphatic hydroxyl groups excluding tert-OH is 2. The van der Waals surface area contributed by atoms with Gasteiger partial charge in [-0.25, -0.2) is 13.2 Å². The highest BCUT2D eigenvalue weighted by molar-refractivity contribution is 7.89. The maximum atomic E-state index is 14.9. The Labute approximate surface area is 387 Å². The molecular weight excluding hydrogens is 861 g/mol. The highest BCUT2D eigenvalue weighted by Crippen LogP contribution is 2.62. The summed E-state index contributed by atoms with van der Waals surface area (Å²) < 4.78 is 51.2. The van der Waals surface area contributed by atoms with Crippen molar-refractivity contribution in [3.8, 4) is 11.5 Å². The Hall–Kier alpha value is -5.84. The summed E-state index contributed by atoms with van der Waals surface area (Å²) in [5, 5.41) is 30.2. The zero-order chi connectivity index (χ0) is 46.7. The van der Waals surface area contributed by atoms with Gasteiger partial charge in [-0.2, -0.15) is 4.31 Å². The number of ether oxygens (including phenoxy) is 3. The highest BCUT2D eigenvalue weighted by atomic mass is 32.2. The number of sulfonamides is 1. The second-order valence-corrected chi connectivity index (χ2v) is 19.0. The zero-order valence-electron chi connectivity index (χ0n) is 37.5. The third kappa shape index (κ3) is 10.9. The third-order valence-electron chi connectivity index (χ3n) is 12.7. The molecule has 7 rings (SSSR count). The van der Waals surface area contributed by atoms with Crippen LogP contribution in [0.1, 0.15) is 74.5 Å². The van der Waals surface area contributed by atoms with E-state index in [4.69, 9.17) is 24.2 Å². The van der Waals surface area contributed by atoms with Crippen molar-refractivity contribution in [3.05, 3.63) is 144 Å². The number of nitrogens with zero attached hydrogens (tertiary/aromatic N) is 2. The predicted molar refractivity (Wildman–Crippen MR) is 251 cm³/mol. The van der Waals surface area contributed by atoms with Crippen LogP contribution in [-0.2, 0) is 37.5 Å². The molecule has 0 spiro atoms. The number of unbranched alkanes of at least 4 members (excludes halogenated alkanes) is 2. The van der Waals surface area contributed by atoms with Crippen molar-refractivity contribution in [3.63, 3.8) is 0 Å². The van der Waals surface area contributed by atoms with Gasteiger partial charge in [-0.05, 0) is 96.7 Å². The van der Waals surface area contributed by atoms with Gasteiger partial charge in [0.2, 0.25) is 21.7 Å². The van der Waals surface area contributed by atoms with E-state index in [1.807, 2.05) is 66.7 Å². The van der Waals surface area contributed by atoms with Crippen molar-refractivity contribution in [2.75, 3.05) is 32.2 Å². The molecule has 1 saturated carbocycles. The molecule has 1 heterocycles. The summed E-state index contributed by atoms with van der Waals surface area (Å²) in [7, 11) is -2.77. The van der Waals surface area contributed by atoms with Gasteiger partial charge < -0.3 is 39.9 Å². The van der Waals surface area contributed by atoms with Crippen molar-refractivity contribution in [2.24, 2.45) is 22.9 Å². The van der Waals surface area contributed by atoms with Crippen LogP contribution in [0.15, 0.2) is 137 Å². The lowest BCUT2D eigenvalue weighted by Gasteiger charge is -2.59. The molecular formula is C51H60N4O10S. The van der Waals surface area contributed by atoms with Crippen molar-refractivity contribution in [1.29, 1.82) is 0 Å². The molecule has 2 aliphatic carbocycles. The van der Waals surface area contributed by atoms with Crippen LogP contribution in [-0.4, -0.2) is 79.3 Å². The molecule has 15 heteroatoms. The minimum atomic E-state index is -4.28. The number of oxime groups is 1. The molecule has 6 atom stereocenters. The predicted octanol–water partition coefficient (Wildman–Crippen LogP) is 8.09. The van der Waals surface area contributed by atoms with E-state index in [0.29, 0.717) is 48.6 Å². The molecule has 1 aliphatic heterocycles. The van der Waals surface area contributed by atoms with Gasteiger partial charge in [0.15, 0.2) is 0 Å². The summed E-state index contributed by atoms with van der Waals surface area (Å²) in [5.41, 5.74) is 4.34. The summed E-state index contributed by atoms with van der Waals surface area (Å²) in [6.45, 7) is 5.86. The van der Waals surface area contributed by atoms with E-state index in [2.05, 4.69) is 23.3 Å². The molecule has 1 fully saturated rings. The average Bonchev–Trinajstić information content (AvgIpc) is 3.32. The molecule has 66 heavy (non-hydrogen) atoms. The Morgan fingerprint density at radius 1 is 0.924 bits per heavy atom. The van der Waals surface area contributed by atoms with Gasteiger partial charge in [0.05, 0.1) is 29.2 Å². The molecule has 0 radical (unpaired) electrons. The number of fused-ring (bicyclic) bond motifs is 2. The summed E-state index contributed by atoms with van der Waals surface area (Å²) in [6, 6.07) is 29.3. The molecule has 3 aliphatic rings. The van der Waals surface area contributed by atoms with Crippen LogP contribution in [0.4, 0.5) is 10.5 Å². The van der Waals surface area contributed by atoms with Crippen molar-refractivity contribution < 1.29 is 47.3 Å². The van der Waals surface area contributed by atoms with E-state index in [0.717, 1.165) is 35.1 Å². The van der Waals surface area contributed by atoms with Crippen LogP contribution in [0, 0.1) is 17.8 Å². The van der Waals surface area contributed by atoms with Crippen molar-refractivity contribution >= 4 is 33.4 Å². The number of rotatable bonds is 21. The van der Waals surface area contributed by atoms with Gasteiger partial charge in [0.25, 0.3) is 0 Å². The monoisotopic (exact) mass is 920 g/mol. The van der Waals surface area contributed by atoms with E-state index >= 15 is 0 Å². The Kier molecular flexibility index (Phi) is 16.1. The smallest absolute Gasteiger partial charge is 0.412 e. The first-order valence-electron chi connectivity index (χ1n) is 22.6. The van der Waals surface area contributed by atoms with Gasteiger partial charge >= 0.3 is 6.09 Å². The quantitative estimate of drug-likeness (QED) is 0.0362. The maximum Gasteiger partial charge on any atom is 0.412 e. The minimum absolute atomic E-state index is 0.00677. The van der Waals surface area contributed by atoms with E-state index in [-0.39, 0.29) is 62.0 Å². The van der Waals surface area contributed by atoms with E-state index in [9.17, 15) is 28.2 Å². The van der Waals surface area contributed by atoms with Crippen LogP contribution in [0.25, 0.3) is 0 Å². The average molecular weight is 921 g/mol. The van der Waals surface area contributed by atoms with Crippen LogP contribution in [0.3, 0.4) is 0 Å². The second kappa shape index (κ2) is 22.1. The third-order valence-corrected chi connectivity index (χ3v) is 14.6. The lowest BCUT2D eigenvalue weighted by Crippen LogP contribution is -2.69. The van der Waals surface area contributed by atoms with Crippen LogP contribution in [0.5, 0.6) is 11.5 Å². The van der Waals surface area contributed by atoms with E-state index in [1.54, 1.807) is 18.2 Å². The van der Waals surface area contributed by atoms with Gasteiger partial charge in [0, 0.05) is 57.3 Å². The standard InChI is InChI=1S/C51H60N4O10S/c1-4-29-62-51-47(55(3)66(60,61)41-24-21-39(22-25-41)53-35(2)58)32-45(54-63-34-37-17-9-6-10-18-37)43-30-38(19-11-13-27-56)42(20-12-14-28-57)48(49(43)51)44-31-40(23-26-46(44)65-51)64-50(59)52-33-36-15-7-5-8-16-36/h4-10,15-18,21-26,30-31,38,42,47-49,56-57H,1,11-14,19-20,27-29,32-34H2,2-3H3,(H,52,59)(H,53,58)/t38-,42+,47-,48+,49+,51+/m0/s1. The second-order valence-electron chi connectivity index (χ2n) is 17.0. The number of hydrogen-bond acceptors (Lipinski definition) is 11. The molecule has 0 aromatic heterocycles. The molecule has 2 amide bonds. The Balaban J connectivity index is 1.39. The van der Waals surface area contributed by atoms with Crippen LogP contribution < -0.4 is 20.1 Å². The zero-order valence-corrected chi connectivity index (χ0v) is 38.3. The first-order chi connectivity index (χ1) is 32.0. The Morgan fingerprint density at radius 2 is 1.61 bits per heavy atom. The topological polar surface area (TPSA) is 185 Å². The van der Waals surface area contributed by atoms with Crippen molar-refractivity contribution in [2.45, 2.75) is 87.7 Å². The summed E-state index contributed by atoms with van der Waals surface area (Å²) >= 11 is 0. The molecule has 4 N–H and O–H groups in total. The number of hydrogen-bond donors (Lipinski definition) is 4. The van der Waals surface area contributed by atoms with Gasteiger partial charge in [-0.15, -0.1) is 6.58 Å². The molecule has 0 unspecified atom stereocenters. The minimum Gasteiger partial charge on any atom is -0.460 e. The molecule has 0 bridgehead atoms. The number of carbonyl (C=O) groups excluding carboxylic acids is 2. The Morgan fingerprint density at radius 3 is 2.27 bits per heavy atom. The highest BCUT2D eigenvalue weighted by Gasteiger charge is 2.65.